The van der Waals surface area contributed by atoms with E-state index in [-0.39, 0.29) is 5.91 Å². The van der Waals surface area contributed by atoms with Gasteiger partial charge in [0.25, 0.3) is 0 Å². The number of aryl methyl sites for hydroxylation is 2. The smallest absolute Gasteiger partial charge is 0.224 e. The van der Waals surface area contributed by atoms with Crippen molar-refractivity contribution in [3.05, 3.63) is 58.7 Å². The number of carbonyl (C=O) groups excluding carboxylic acids is 1. The van der Waals surface area contributed by atoms with Gasteiger partial charge in [-0.1, -0.05) is 24.3 Å². The van der Waals surface area contributed by atoms with Gasteiger partial charge in [0.15, 0.2) is 0 Å². The van der Waals surface area contributed by atoms with Crippen molar-refractivity contribution >= 4 is 5.91 Å². The molecule has 0 bridgehead atoms. The number of ether oxygens (including phenoxy) is 2. The maximum Gasteiger partial charge on any atom is 0.224 e. The summed E-state index contributed by atoms with van der Waals surface area (Å²) in [5.41, 5.74) is 4.06. The van der Waals surface area contributed by atoms with E-state index in [1.165, 1.54) is 0 Å². The van der Waals surface area contributed by atoms with Crippen molar-refractivity contribution in [2.45, 2.75) is 26.8 Å². The fourth-order valence-electron chi connectivity index (χ4n) is 2.49. The van der Waals surface area contributed by atoms with Crippen LogP contribution in [0.15, 0.2) is 36.4 Å². The molecule has 0 radical (unpaired) electrons. The lowest BCUT2D eigenvalue weighted by Crippen LogP contribution is -2.25. The minimum atomic E-state index is -0.0131. The summed E-state index contributed by atoms with van der Waals surface area (Å²) in [6.07, 6.45) is 0.373. The van der Waals surface area contributed by atoms with Gasteiger partial charge in [-0.2, -0.15) is 0 Å². The number of carbonyl (C=O) groups is 1. The molecule has 0 unspecified atom stereocenters. The monoisotopic (exact) mass is 313 g/mol. The Morgan fingerprint density at radius 3 is 2.30 bits per heavy atom. The van der Waals surface area contributed by atoms with Crippen LogP contribution in [0.25, 0.3) is 0 Å². The standard InChI is InChI=1S/C19H23NO3/c1-13-7-5-6-8-15(13)11-19(21)20-12-16-10-17(22-3)14(2)9-18(16)23-4/h5-10H,11-12H2,1-4H3,(H,20,21). The second-order valence-corrected chi connectivity index (χ2v) is 5.51. The highest BCUT2D eigenvalue weighted by atomic mass is 16.5. The Morgan fingerprint density at radius 1 is 0.957 bits per heavy atom. The van der Waals surface area contributed by atoms with Gasteiger partial charge in [-0.3, -0.25) is 4.79 Å². The molecule has 1 N–H and O–H groups in total. The third-order valence-electron chi connectivity index (χ3n) is 3.89. The number of rotatable bonds is 6. The Morgan fingerprint density at radius 2 is 1.65 bits per heavy atom. The Bertz CT molecular complexity index is 695. The first-order chi connectivity index (χ1) is 11.0. The van der Waals surface area contributed by atoms with Gasteiger partial charge in [-0.05, 0) is 42.7 Å². The number of hydrogen-bond acceptors (Lipinski definition) is 3. The lowest BCUT2D eigenvalue weighted by Gasteiger charge is -2.14. The zero-order valence-electron chi connectivity index (χ0n) is 14.1. The molecule has 2 aromatic rings. The predicted octanol–water partition coefficient (Wildman–Crippen LogP) is 3.18. The highest BCUT2D eigenvalue weighted by Gasteiger charge is 2.11. The molecule has 0 saturated carbocycles. The first kappa shape index (κ1) is 16.9. The zero-order valence-corrected chi connectivity index (χ0v) is 14.1. The van der Waals surface area contributed by atoms with E-state index in [4.69, 9.17) is 9.47 Å². The Kier molecular flexibility index (Phi) is 5.63. The molecule has 0 aliphatic rings. The second kappa shape index (κ2) is 7.68. The van der Waals surface area contributed by atoms with E-state index >= 15 is 0 Å². The minimum Gasteiger partial charge on any atom is -0.496 e. The van der Waals surface area contributed by atoms with Crippen molar-refractivity contribution in [2.24, 2.45) is 0 Å². The average Bonchev–Trinajstić information content (AvgIpc) is 2.55. The van der Waals surface area contributed by atoms with Gasteiger partial charge in [0.2, 0.25) is 5.91 Å². The molecule has 0 saturated heterocycles. The van der Waals surface area contributed by atoms with Crippen LogP contribution in [-0.4, -0.2) is 20.1 Å². The summed E-state index contributed by atoms with van der Waals surface area (Å²) in [5, 5.41) is 2.95. The molecule has 2 aromatic carbocycles. The summed E-state index contributed by atoms with van der Waals surface area (Å²) in [4.78, 5) is 12.2. The van der Waals surface area contributed by atoms with Gasteiger partial charge in [0.1, 0.15) is 11.5 Å². The highest BCUT2D eigenvalue weighted by molar-refractivity contribution is 5.79. The van der Waals surface area contributed by atoms with E-state index in [1.807, 2.05) is 50.2 Å². The summed E-state index contributed by atoms with van der Waals surface area (Å²) in [6.45, 7) is 4.38. The van der Waals surface area contributed by atoms with Gasteiger partial charge in [-0.15, -0.1) is 0 Å². The molecule has 0 heterocycles. The maximum atomic E-state index is 12.2. The van der Waals surface area contributed by atoms with Crippen LogP contribution in [0.1, 0.15) is 22.3 Å². The summed E-state index contributed by atoms with van der Waals surface area (Å²) in [5.74, 6) is 1.52. The Balaban J connectivity index is 2.05. The Hall–Kier alpha value is -2.49. The number of methoxy groups -OCH3 is 2. The molecule has 0 spiro atoms. The second-order valence-electron chi connectivity index (χ2n) is 5.51. The van der Waals surface area contributed by atoms with Crippen molar-refractivity contribution in [1.29, 1.82) is 0 Å². The number of hydrogen-bond donors (Lipinski definition) is 1. The van der Waals surface area contributed by atoms with Crippen molar-refractivity contribution in [2.75, 3.05) is 14.2 Å². The fraction of sp³-hybridized carbons (Fsp3) is 0.316. The van der Waals surface area contributed by atoms with Gasteiger partial charge in [-0.25, -0.2) is 0 Å². The molecule has 0 aromatic heterocycles. The molecular weight excluding hydrogens is 290 g/mol. The SMILES string of the molecule is COc1cc(CNC(=O)Cc2ccccc2C)c(OC)cc1C. The van der Waals surface area contributed by atoms with E-state index in [1.54, 1.807) is 14.2 Å². The van der Waals surface area contributed by atoms with E-state index in [9.17, 15) is 4.79 Å². The van der Waals surface area contributed by atoms with Crippen LogP contribution >= 0.6 is 0 Å². The predicted molar refractivity (Wildman–Crippen MR) is 91.0 cm³/mol. The summed E-state index contributed by atoms with van der Waals surface area (Å²) >= 11 is 0. The summed E-state index contributed by atoms with van der Waals surface area (Å²) in [7, 11) is 3.26. The van der Waals surface area contributed by atoms with Gasteiger partial charge >= 0.3 is 0 Å². The molecule has 23 heavy (non-hydrogen) atoms. The third-order valence-corrected chi connectivity index (χ3v) is 3.89. The van der Waals surface area contributed by atoms with Crippen LogP contribution in [0.4, 0.5) is 0 Å². The van der Waals surface area contributed by atoms with Crippen molar-refractivity contribution < 1.29 is 14.3 Å². The first-order valence-electron chi connectivity index (χ1n) is 7.58. The third kappa shape index (κ3) is 4.25. The highest BCUT2D eigenvalue weighted by Crippen LogP contribution is 2.28. The normalized spacial score (nSPS) is 10.3. The molecule has 1 amide bonds. The molecular formula is C19H23NO3. The van der Waals surface area contributed by atoms with E-state index in [2.05, 4.69) is 5.32 Å². The van der Waals surface area contributed by atoms with E-state index in [0.29, 0.717) is 13.0 Å². The molecule has 2 rings (SSSR count). The Labute approximate surface area is 137 Å². The van der Waals surface area contributed by atoms with Gasteiger partial charge in [0, 0.05) is 12.1 Å². The van der Waals surface area contributed by atoms with Gasteiger partial charge in [0.05, 0.1) is 20.6 Å². The molecule has 0 atom stereocenters. The van der Waals surface area contributed by atoms with Gasteiger partial charge < -0.3 is 14.8 Å². The average molecular weight is 313 g/mol. The van der Waals surface area contributed by atoms with E-state index in [0.717, 1.165) is 33.8 Å². The number of amides is 1. The largest absolute Gasteiger partial charge is 0.496 e. The van der Waals surface area contributed by atoms with Crippen molar-refractivity contribution in [1.82, 2.24) is 5.32 Å². The van der Waals surface area contributed by atoms with Crippen LogP contribution in [0.2, 0.25) is 0 Å². The summed E-state index contributed by atoms with van der Waals surface area (Å²) < 4.78 is 10.7. The molecule has 0 aliphatic heterocycles. The van der Waals surface area contributed by atoms with Crippen molar-refractivity contribution in [3.8, 4) is 11.5 Å². The number of benzene rings is 2. The zero-order chi connectivity index (χ0) is 16.8. The van der Waals surface area contributed by atoms with Crippen LogP contribution < -0.4 is 14.8 Å². The van der Waals surface area contributed by atoms with Crippen LogP contribution in [0, 0.1) is 13.8 Å². The molecule has 122 valence electrons. The quantitative estimate of drug-likeness (QED) is 0.891. The van der Waals surface area contributed by atoms with Crippen molar-refractivity contribution in [3.63, 3.8) is 0 Å². The minimum absolute atomic E-state index is 0.0131. The molecule has 4 heteroatoms. The summed E-state index contributed by atoms with van der Waals surface area (Å²) in [6, 6.07) is 11.7. The molecule has 4 nitrogen and oxygen atoms in total. The van der Waals surface area contributed by atoms with Crippen LogP contribution in [0.3, 0.4) is 0 Å². The molecule has 0 aliphatic carbocycles. The fourth-order valence-corrected chi connectivity index (χ4v) is 2.49. The van der Waals surface area contributed by atoms with Crippen LogP contribution in [-0.2, 0) is 17.8 Å². The first-order valence-corrected chi connectivity index (χ1v) is 7.58. The lowest BCUT2D eigenvalue weighted by molar-refractivity contribution is -0.120. The maximum absolute atomic E-state index is 12.2. The molecule has 0 fully saturated rings. The van der Waals surface area contributed by atoms with E-state index < -0.39 is 0 Å². The number of nitrogens with one attached hydrogen (secondary N) is 1. The lowest BCUT2D eigenvalue weighted by atomic mass is 10.1. The van der Waals surface area contributed by atoms with Crippen LogP contribution in [0.5, 0.6) is 11.5 Å². The topological polar surface area (TPSA) is 47.6 Å².